The van der Waals surface area contributed by atoms with Crippen LogP contribution in [0, 0.1) is 11.6 Å². The molecule has 0 aromatic heterocycles. The number of aryl methyl sites for hydroxylation is 1. The van der Waals surface area contributed by atoms with Crippen molar-refractivity contribution in [2.75, 3.05) is 39.3 Å². The molecule has 1 saturated heterocycles. The minimum absolute atomic E-state index is 0. The summed E-state index contributed by atoms with van der Waals surface area (Å²) in [7, 11) is 0. The van der Waals surface area contributed by atoms with Crippen LogP contribution in [0.5, 0.6) is 0 Å². The van der Waals surface area contributed by atoms with Crippen molar-refractivity contribution in [1.29, 1.82) is 0 Å². The fourth-order valence-electron chi connectivity index (χ4n) is 2.54. The summed E-state index contributed by atoms with van der Waals surface area (Å²) in [6.07, 6.45) is 1.29. The number of amides is 1. The minimum Gasteiger partial charge on any atom is -0.356 e. The third-order valence-corrected chi connectivity index (χ3v) is 3.81. The third kappa shape index (κ3) is 7.24. The average Bonchev–Trinajstić information content (AvgIpc) is 2.53. The van der Waals surface area contributed by atoms with Gasteiger partial charge in [0.05, 0.1) is 0 Å². The van der Waals surface area contributed by atoms with Gasteiger partial charge in [0, 0.05) is 39.1 Å². The lowest BCUT2D eigenvalue weighted by Crippen LogP contribution is -2.44. The van der Waals surface area contributed by atoms with Gasteiger partial charge in [-0.05, 0) is 43.1 Å². The molecule has 1 heterocycles. The van der Waals surface area contributed by atoms with Gasteiger partial charge in [-0.3, -0.25) is 4.79 Å². The Hall–Kier alpha value is -1.24. The van der Waals surface area contributed by atoms with E-state index in [4.69, 9.17) is 0 Å². The molecule has 1 amide bonds. The first kappa shape index (κ1) is 19.8. The molecule has 1 aromatic carbocycles. The molecular weight excluding hydrogens is 324 g/mol. The van der Waals surface area contributed by atoms with Crippen LogP contribution in [0.25, 0.3) is 0 Å². The summed E-state index contributed by atoms with van der Waals surface area (Å²) in [4.78, 5) is 14.1. The number of carbonyl (C=O) groups is 1. The first-order valence-corrected chi connectivity index (χ1v) is 7.79. The largest absolute Gasteiger partial charge is 0.356 e. The van der Waals surface area contributed by atoms with Crippen molar-refractivity contribution in [2.24, 2.45) is 0 Å². The Kier molecular flexibility index (Phi) is 9.06. The van der Waals surface area contributed by atoms with Crippen LogP contribution in [-0.2, 0) is 11.2 Å². The second-order valence-corrected chi connectivity index (χ2v) is 5.53. The zero-order chi connectivity index (χ0) is 15.8. The Morgan fingerprint density at radius 1 is 1.26 bits per heavy atom. The quantitative estimate of drug-likeness (QED) is 0.738. The van der Waals surface area contributed by atoms with Crippen LogP contribution in [0.3, 0.4) is 0 Å². The Balaban J connectivity index is 0.00000264. The van der Waals surface area contributed by atoms with E-state index in [1.807, 2.05) is 0 Å². The molecule has 4 nitrogen and oxygen atoms in total. The molecule has 0 unspecified atom stereocenters. The van der Waals surface area contributed by atoms with Crippen LogP contribution in [0.15, 0.2) is 18.2 Å². The van der Waals surface area contributed by atoms with Gasteiger partial charge in [0.15, 0.2) is 0 Å². The van der Waals surface area contributed by atoms with Gasteiger partial charge in [-0.1, -0.05) is 0 Å². The van der Waals surface area contributed by atoms with Crippen molar-refractivity contribution in [3.8, 4) is 0 Å². The highest BCUT2D eigenvalue weighted by atomic mass is 35.5. The molecule has 2 N–H and O–H groups in total. The first-order valence-electron chi connectivity index (χ1n) is 7.79. The molecule has 130 valence electrons. The number of hydrogen-bond acceptors (Lipinski definition) is 3. The highest BCUT2D eigenvalue weighted by molar-refractivity contribution is 5.85. The fraction of sp³-hybridized carbons (Fsp3) is 0.562. The average molecular weight is 348 g/mol. The number of nitrogens with one attached hydrogen (secondary N) is 2. The van der Waals surface area contributed by atoms with Gasteiger partial charge < -0.3 is 15.5 Å². The molecule has 0 saturated carbocycles. The van der Waals surface area contributed by atoms with Crippen LogP contribution in [0.2, 0.25) is 0 Å². The molecule has 0 bridgehead atoms. The monoisotopic (exact) mass is 347 g/mol. The third-order valence-electron chi connectivity index (χ3n) is 3.81. The summed E-state index contributed by atoms with van der Waals surface area (Å²) in [6.45, 7) is 5.73. The Labute approximate surface area is 142 Å². The molecular formula is C16H24ClF2N3O. The van der Waals surface area contributed by atoms with Gasteiger partial charge in [0.2, 0.25) is 5.91 Å². The number of benzene rings is 1. The van der Waals surface area contributed by atoms with Gasteiger partial charge in [0.1, 0.15) is 11.6 Å². The standard InChI is InChI=1S/C16H23F2N3O.ClH/c17-14-3-4-15(18)13(12-14)2-5-16(22)20-6-1-9-21-10-7-19-8-11-21;/h3-4,12,19H,1-2,5-11H2,(H,20,22);1H. The van der Waals surface area contributed by atoms with Crippen LogP contribution in [0.4, 0.5) is 8.78 Å². The Morgan fingerprint density at radius 2 is 2.00 bits per heavy atom. The van der Waals surface area contributed by atoms with Crippen LogP contribution >= 0.6 is 12.4 Å². The molecule has 2 rings (SSSR count). The highest BCUT2D eigenvalue weighted by Gasteiger charge is 2.09. The molecule has 7 heteroatoms. The van der Waals surface area contributed by atoms with Gasteiger partial charge in [0.25, 0.3) is 0 Å². The van der Waals surface area contributed by atoms with E-state index in [2.05, 4.69) is 15.5 Å². The van der Waals surface area contributed by atoms with E-state index < -0.39 is 11.6 Å². The zero-order valence-electron chi connectivity index (χ0n) is 13.1. The molecule has 0 atom stereocenters. The van der Waals surface area contributed by atoms with E-state index in [0.29, 0.717) is 6.54 Å². The summed E-state index contributed by atoms with van der Waals surface area (Å²) in [6, 6.07) is 3.32. The lowest BCUT2D eigenvalue weighted by Gasteiger charge is -2.27. The number of rotatable bonds is 7. The summed E-state index contributed by atoms with van der Waals surface area (Å²) in [5.74, 6) is -1.07. The molecule has 0 radical (unpaired) electrons. The van der Waals surface area contributed by atoms with Crippen LogP contribution < -0.4 is 10.6 Å². The second kappa shape index (κ2) is 10.5. The maximum absolute atomic E-state index is 13.4. The van der Waals surface area contributed by atoms with Crippen molar-refractivity contribution >= 4 is 18.3 Å². The fourth-order valence-corrected chi connectivity index (χ4v) is 2.54. The molecule has 1 aromatic rings. The normalized spacial score (nSPS) is 15.0. The van der Waals surface area contributed by atoms with Crippen LogP contribution in [-0.4, -0.2) is 50.1 Å². The molecule has 0 spiro atoms. The van der Waals surface area contributed by atoms with E-state index >= 15 is 0 Å². The summed E-state index contributed by atoms with van der Waals surface area (Å²) in [5.41, 5.74) is 0.246. The predicted octanol–water partition coefficient (Wildman–Crippen LogP) is 1.73. The maximum Gasteiger partial charge on any atom is 0.220 e. The molecule has 1 fully saturated rings. The van der Waals surface area contributed by atoms with Gasteiger partial charge in [-0.15, -0.1) is 12.4 Å². The summed E-state index contributed by atoms with van der Waals surface area (Å²) in [5, 5.41) is 6.12. The van der Waals surface area contributed by atoms with Crippen LogP contribution in [0.1, 0.15) is 18.4 Å². The van der Waals surface area contributed by atoms with E-state index in [1.54, 1.807) is 0 Å². The zero-order valence-corrected chi connectivity index (χ0v) is 13.9. The van der Waals surface area contributed by atoms with E-state index in [0.717, 1.165) is 57.3 Å². The highest BCUT2D eigenvalue weighted by Crippen LogP contribution is 2.11. The number of halogens is 3. The van der Waals surface area contributed by atoms with E-state index in [1.165, 1.54) is 0 Å². The SMILES string of the molecule is Cl.O=C(CCc1cc(F)ccc1F)NCCCN1CCNCC1. The molecule has 23 heavy (non-hydrogen) atoms. The molecule has 0 aliphatic carbocycles. The number of carbonyl (C=O) groups excluding carboxylic acids is 1. The van der Waals surface area contributed by atoms with Gasteiger partial charge >= 0.3 is 0 Å². The lowest BCUT2D eigenvalue weighted by atomic mass is 10.1. The van der Waals surface area contributed by atoms with Gasteiger partial charge in [-0.25, -0.2) is 8.78 Å². The number of nitrogens with zero attached hydrogens (tertiary/aromatic N) is 1. The predicted molar refractivity (Wildman–Crippen MR) is 88.9 cm³/mol. The van der Waals surface area contributed by atoms with Gasteiger partial charge in [-0.2, -0.15) is 0 Å². The Morgan fingerprint density at radius 3 is 2.74 bits per heavy atom. The molecule has 1 aliphatic heterocycles. The number of piperazine rings is 1. The van der Waals surface area contributed by atoms with E-state index in [-0.39, 0.29) is 36.7 Å². The minimum atomic E-state index is -0.479. The number of hydrogen-bond donors (Lipinski definition) is 2. The van der Waals surface area contributed by atoms with Crippen molar-refractivity contribution in [3.05, 3.63) is 35.4 Å². The lowest BCUT2D eigenvalue weighted by molar-refractivity contribution is -0.121. The first-order chi connectivity index (χ1) is 10.6. The maximum atomic E-state index is 13.4. The smallest absolute Gasteiger partial charge is 0.220 e. The van der Waals surface area contributed by atoms with Crippen molar-refractivity contribution < 1.29 is 13.6 Å². The van der Waals surface area contributed by atoms with Crippen molar-refractivity contribution in [1.82, 2.24) is 15.5 Å². The Bertz CT molecular complexity index is 496. The summed E-state index contributed by atoms with van der Waals surface area (Å²) >= 11 is 0. The topological polar surface area (TPSA) is 44.4 Å². The van der Waals surface area contributed by atoms with Crippen molar-refractivity contribution in [2.45, 2.75) is 19.3 Å². The van der Waals surface area contributed by atoms with E-state index in [9.17, 15) is 13.6 Å². The van der Waals surface area contributed by atoms with Crippen molar-refractivity contribution in [3.63, 3.8) is 0 Å². The summed E-state index contributed by atoms with van der Waals surface area (Å²) < 4.78 is 26.4. The molecule has 1 aliphatic rings. The second-order valence-electron chi connectivity index (χ2n) is 5.53.